The number of amides is 1. The first-order valence-corrected chi connectivity index (χ1v) is 7.53. The summed E-state index contributed by atoms with van der Waals surface area (Å²) in [6.45, 7) is 2.28. The van der Waals surface area contributed by atoms with E-state index in [0.717, 1.165) is 0 Å². The van der Waals surface area contributed by atoms with E-state index in [2.05, 4.69) is 5.32 Å². The van der Waals surface area contributed by atoms with Crippen molar-refractivity contribution in [1.82, 2.24) is 0 Å². The molecule has 0 bridgehead atoms. The number of carbonyl (C=O) groups is 2. The predicted octanol–water partition coefficient (Wildman–Crippen LogP) is 3.33. The number of nitriles is 1. The van der Waals surface area contributed by atoms with E-state index in [4.69, 9.17) is 9.84 Å². The molecule has 6 heteroatoms. The lowest BCUT2D eigenvalue weighted by molar-refractivity contribution is -0.112. The van der Waals surface area contributed by atoms with Crippen molar-refractivity contribution in [3.05, 3.63) is 65.2 Å². The lowest BCUT2D eigenvalue weighted by Crippen LogP contribution is -2.14. The van der Waals surface area contributed by atoms with Crippen molar-refractivity contribution in [2.45, 2.75) is 6.92 Å². The molecule has 25 heavy (non-hydrogen) atoms. The van der Waals surface area contributed by atoms with Crippen LogP contribution in [-0.4, -0.2) is 23.6 Å². The maximum absolute atomic E-state index is 12.3. The van der Waals surface area contributed by atoms with Gasteiger partial charge < -0.3 is 15.2 Å². The minimum absolute atomic E-state index is 0.102. The van der Waals surface area contributed by atoms with Gasteiger partial charge in [-0.25, -0.2) is 4.79 Å². The maximum atomic E-state index is 12.3. The Morgan fingerprint density at radius 2 is 1.88 bits per heavy atom. The summed E-state index contributed by atoms with van der Waals surface area (Å²) >= 11 is 0. The molecule has 126 valence electrons. The Morgan fingerprint density at radius 1 is 1.20 bits per heavy atom. The van der Waals surface area contributed by atoms with E-state index >= 15 is 0 Å². The van der Waals surface area contributed by atoms with Gasteiger partial charge in [0.05, 0.1) is 17.9 Å². The van der Waals surface area contributed by atoms with Crippen molar-refractivity contribution in [2.75, 3.05) is 11.9 Å². The summed E-state index contributed by atoms with van der Waals surface area (Å²) in [6, 6.07) is 14.7. The number of aromatic carboxylic acids is 1. The molecule has 6 nitrogen and oxygen atoms in total. The largest absolute Gasteiger partial charge is 0.492 e. The average Bonchev–Trinajstić information content (AvgIpc) is 2.61. The first-order valence-electron chi connectivity index (χ1n) is 7.53. The Hall–Kier alpha value is -3.59. The maximum Gasteiger partial charge on any atom is 0.335 e. The number of anilines is 1. The van der Waals surface area contributed by atoms with Crippen molar-refractivity contribution in [3.8, 4) is 11.8 Å². The molecular formula is C19H16N2O4. The lowest BCUT2D eigenvalue weighted by atomic mass is 10.1. The highest BCUT2D eigenvalue weighted by Gasteiger charge is 2.12. The third-order valence-electron chi connectivity index (χ3n) is 3.27. The average molecular weight is 336 g/mol. The summed E-state index contributed by atoms with van der Waals surface area (Å²) in [5, 5.41) is 20.8. The van der Waals surface area contributed by atoms with E-state index < -0.39 is 11.9 Å². The number of carboxylic acids is 1. The van der Waals surface area contributed by atoms with Crippen LogP contribution in [0.25, 0.3) is 6.08 Å². The topological polar surface area (TPSA) is 99.4 Å². The summed E-state index contributed by atoms with van der Waals surface area (Å²) in [4.78, 5) is 23.2. The molecule has 0 unspecified atom stereocenters. The molecule has 0 radical (unpaired) electrons. The SMILES string of the molecule is CCOc1ccccc1NC(=O)C(C#N)=Cc1ccc(C(=O)O)cc1. The Labute approximate surface area is 145 Å². The minimum atomic E-state index is -1.04. The van der Waals surface area contributed by atoms with Crippen LogP contribution in [0.2, 0.25) is 0 Å². The van der Waals surface area contributed by atoms with Gasteiger partial charge in [0.25, 0.3) is 5.91 Å². The number of hydrogen-bond acceptors (Lipinski definition) is 4. The molecule has 0 saturated heterocycles. The molecule has 0 aromatic heterocycles. The highest BCUT2D eigenvalue weighted by Crippen LogP contribution is 2.24. The number of carbonyl (C=O) groups excluding carboxylic acids is 1. The van der Waals surface area contributed by atoms with E-state index in [1.54, 1.807) is 24.3 Å². The first kappa shape index (κ1) is 17.8. The van der Waals surface area contributed by atoms with Gasteiger partial charge in [0, 0.05) is 0 Å². The molecule has 0 aliphatic rings. The van der Waals surface area contributed by atoms with Crippen LogP contribution in [-0.2, 0) is 4.79 Å². The smallest absolute Gasteiger partial charge is 0.335 e. The second-order valence-electron chi connectivity index (χ2n) is 4.98. The van der Waals surface area contributed by atoms with Crippen molar-refractivity contribution in [3.63, 3.8) is 0 Å². The number of nitrogens with zero attached hydrogens (tertiary/aromatic N) is 1. The molecule has 2 rings (SSSR count). The summed E-state index contributed by atoms with van der Waals surface area (Å²) in [7, 11) is 0. The quantitative estimate of drug-likeness (QED) is 0.622. The number of hydrogen-bond donors (Lipinski definition) is 2. The molecule has 2 N–H and O–H groups in total. The van der Waals surface area contributed by atoms with E-state index in [1.807, 2.05) is 13.0 Å². The van der Waals surface area contributed by atoms with Gasteiger partial charge in [-0.1, -0.05) is 24.3 Å². The Kier molecular flexibility index (Phi) is 5.91. The predicted molar refractivity (Wildman–Crippen MR) is 93.2 cm³/mol. The lowest BCUT2D eigenvalue weighted by Gasteiger charge is -2.10. The van der Waals surface area contributed by atoms with Crippen LogP contribution in [0.4, 0.5) is 5.69 Å². The molecule has 2 aromatic carbocycles. The molecule has 0 fully saturated rings. The van der Waals surface area contributed by atoms with Gasteiger partial charge in [-0.3, -0.25) is 4.79 Å². The molecule has 0 atom stereocenters. The summed E-state index contributed by atoms with van der Waals surface area (Å²) < 4.78 is 5.43. The van der Waals surface area contributed by atoms with Gasteiger partial charge in [-0.05, 0) is 42.8 Å². The molecule has 0 saturated carbocycles. The van der Waals surface area contributed by atoms with Crippen LogP contribution in [0.1, 0.15) is 22.8 Å². The van der Waals surface area contributed by atoms with Crippen LogP contribution in [0.5, 0.6) is 5.75 Å². The number of ether oxygens (including phenoxy) is 1. The van der Waals surface area contributed by atoms with Gasteiger partial charge in [0.2, 0.25) is 0 Å². The van der Waals surface area contributed by atoms with E-state index in [0.29, 0.717) is 23.6 Å². The highest BCUT2D eigenvalue weighted by molar-refractivity contribution is 6.10. The molecule has 0 heterocycles. The number of nitrogens with one attached hydrogen (secondary N) is 1. The van der Waals surface area contributed by atoms with Crippen LogP contribution < -0.4 is 10.1 Å². The van der Waals surface area contributed by atoms with E-state index in [1.165, 1.54) is 30.3 Å². The van der Waals surface area contributed by atoms with Gasteiger partial charge in [-0.2, -0.15) is 5.26 Å². The second-order valence-corrected chi connectivity index (χ2v) is 4.98. The van der Waals surface area contributed by atoms with Crippen LogP contribution in [0.15, 0.2) is 54.1 Å². The second kappa shape index (κ2) is 8.31. The van der Waals surface area contributed by atoms with Crippen molar-refractivity contribution in [2.24, 2.45) is 0 Å². The molecular weight excluding hydrogens is 320 g/mol. The summed E-state index contributed by atoms with van der Waals surface area (Å²) in [5.41, 5.74) is 1.05. The fourth-order valence-electron chi connectivity index (χ4n) is 2.08. The first-order chi connectivity index (χ1) is 12.0. The van der Waals surface area contributed by atoms with Crippen LogP contribution in [0.3, 0.4) is 0 Å². The van der Waals surface area contributed by atoms with Gasteiger partial charge in [0.15, 0.2) is 0 Å². The van der Waals surface area contributed by atoms with Gasteiger partial charge in [-0.15, -0.1) is 0 Å². The minimum Gasteiger partial charge on any atom is -0.492 e. The third-order valence-corrected chi connectivity index (χ3v) is 3.27. The zero-order valence-corrected chi connectivity index (χ0v) is 13.5. The van der Waals surface area contributed by atoms with E-state index in [-0.39, 0.29) is 11.1 Å². The normalized spacial score (nSPS) is 10.6. The number of rotatable bonds is 6. The Morgan fingerprint density at radius 3 is 2.48 bits per heavy atom. The van der Waals surface area contributed by atoms with Crippen molar-refractivity contribution < 1.29 is 19.4 Å². The molecule has 0 spiro atoms. The van der Waals surface area contributed by atoms with E-state index in [9.17, 15) is 14.9 Å². The zero-order valence-electron chi connectivity index (χ0n) is 13.5. The van der Waals surface area contributed by atoms with Crippen molar-refractivity contribution >= 4 is 23.6 Å². The standard InChI is InChI=1S/C19H16N2O4/c1-2-25-17-6-4-3-5-16(17)21-18(22)15(12-20)11-13-7-9-14(10-8-13)19(23)24/h3-11H,2H2,1H3,(H,21,22)(H,23,24). The monoisotopic (exact) mass is 336 g/mol. The Bertz CT molecular complexity index is 848. The highest BCUT2D eigenvalue weighted by atomic mass is 16.5. The molecule has 0 aliphatic heterocycles. The molecule has 0 aliphatic carbocycles. The molecule has 2 aromatic rings. The number of carboxylic acid groups (broad SMARTS) is 1. The fraction of sp³-hybridized carbons (Fsp3) is 0.105. The number of benzene rings is 2. The van der Waals surface area contributed by atoms with Crippen LogP contribution >= 0.6 is 0 Å². The molecule has 1 amide bonds. The van der Waals surface area contributed by atoms with Crippen LogP contribution in [0, 0.1) is 11.3 Å². The fourth-order valence-corrected chi connectivity index (χ4v) is 2.08. The summed E-state index contributed by atoms with van der Waals surface area (Å²) in [6.07, 6.45) is 1.39. The third kappa shape index (κ3) is 4.69. The van der Waals surface area contributed by atoms with Gasteiger partial charge in [0.1, 0.15) is 17.4 Å². The van der Waals surface area contributed by atoms with Gasteiger partial charge >= 0.3 is 5.97 Å². The summed E-state index contributed by atoms with van der Waals surface area (Å²) in [5.74, 6) is -1.10. The number of para-hydroxylation sites is 2. The zero-order chi connectivity index (χ0) is 18.2. The van der Waals surface area contributed by atoms with Crippen molar-refractivity contribution in [1.29, 1.82) is 5.26 Å². The Balaban J connectivity index is 2.21.